The van der Waals surface area contributed by atoms with Gasteiger partial charge in [-0.1, -0.05) is 6.92 Å². The van der Waals surface area contributed by atoms with Gasteiger partial charge in [0.1, 0.15) is 12.2 Å². The van der Waals surface area contributed by atoms with Gasteiger partial charge >= 0.3 is 0 Å². The minimum Gasteiger partial charge on any atom is -0.320 e. The average Bonchev–Trinajstić information content (AvgIpc) is 2.90. The van der Waals surface area contributed by atoms with Crippen LogP contribution in [0.1, 0.15) is 25.6 Å². The number of aromatic nitrogens is 3. The van der Waals surface area contributed by atoms with Gasteiger partial charge in [-0.2, -0.15) is 0 Å². The molecular formula is C11H21N5. The van der Waals surface area contributed by atoms with Gasteiger partial charge in [0.05, 0.1) is 6.54 Å². The van der Waals surface area contributed by atoms with Crippen LogP contribution in [0.3, 0.4) is 0 Å². The Balaban J connectivity index is 1.99. The predicted octanol–water partition coefficient (Wildman–Crippen LogP) is 0.389. The Morgan fingerprint density at radius 2 is 2.50 bits per heavy atom. The molecule has 5 nitrogen and oxygen atoms in total. The third-order valence-corrected chi connectivity index (χ3v) is 3.21. The summed E-state index contributed by atoms with van der Waals surface area (Å²) >= 11 is 0. The highest BCUT2D eigenvalue weighted by molar-refractivity contribution is 4.88. The summed E-state index contributed by atoms with van der Waals surface area (Å²) in [6, 6.07) is 0.664. The molecule has 1 aliphatic rings. The van der Waals surface area contributed by atoms with Crippen molar-refractivity contribution < 1.29 is 0 Å². The first-order chi connectivity index (χ1) is 7.81. The van der Waals surface area contributed by atoms with E-state index in [2.05, 4.69) is 27.3 Å². The third-order valence-electron chi connectivity index (χ3n) is 3.21. The number of hydrogen-bond donors (Lipinski definition) is 1. The van der Waals surface area contributed by atoms with E-state index in [4.69, 9.17) is 0 Å². The Morgan fingerprint density at radius 1 is 1.62 bits per heavy atom. The smallest absolute Gasteiger partial charge is 0.146 e. The third kappa shape index (κ3) is 2.59. The quantitative estimate of drug-likeness (QED) is 0.784. The van der Waals surface area contributed by atoms with Crippen molar-refractivity contribution >= 4 is 0 Å². The van der Waals surface area contributed by atoms with Crippen LogP contribution in [0.15, 0.2) is 6.33 Å². The van der Waals surface area contributed by atoms with Gasteiger partial charge in [0.25, 0.3) is 0 Å². The van der Waals surface area contributed by atoms with Crippen LogP contribution < -0.4 is 5.32 Å². The molecule has 1 aromatic rings. The minimum absolute atomic E-state index is 0.664. The molecule has 0 amide bonds. The molecule has 0 saturated carbocycles. The zero-order valence-electron chi connectivity index (χ0n) is 10.2. The minimum atomic E-state index is 0.664. The van der Waals surface area contributed by atoms with Crippen molar-refractivity contribution in [2.24, 2.45) is 7.05 Å². The summed E-state index contributed by atoms with van der Waals surface area (Å²) in [5.74, 6) is 1.06. The van der Waals surface area contributed by atoms with Gasteiger partial charge in [0.15, 0.2) is 0 Å². The second kappa shape index (κ2) is 5.41. The van der Waals surface area contributed by atoms with Crippen LogP contribution in [0, 0.1) is 0 Å². The maximum absolute atomic E-state index is 4.16. The molecule has 5 heteroatoms. The molecule has 1 saturated heterocycles. The molecule has 1 fully saturated rings. The topological polar surface area (TPSA) is 46.0 Å². The van der Waals surface area contributed by atoms with Gasteiger partial charge in [-0.05, 0) is 25.9 Å². The summed E-state index contributed by atoms with van der Waals surface area (Å²) in [5, 5.41) is 11.5. The fraction of sp³-hybridized carbons (Fsp3) is 0.818. The fourth-order valence-corrected chi connectivity index (χ4v) is 2.26. The number of nitrogens with one attached hydrogen (secondary N) is 1. The number of aryl methyl sites for hydroxylation is 1. The van der Waals surface area contributed by atoms with Crippen LogP contribution >= 0.6 is 0 Å². The van der Waals surface area contributed by atoms with E-state index in [-0.39, 0.29) is 0 Å². The molecule has 0 aromatic carbocycles. The Kier molecular flexibility index (Phi) is 3.90. The number of nitrogens with zero attached hydrogens (tertiary/aromatic N) is 4. The maximum atomic E-state index is 4.16. The van der Waals surface area contributed by atoms with Crippen molar-refractivity contribution in [3.8, 4) is 0 Å². The molecule has 1 aromatic heterocycles. The van der Waals surface area contributed by atoms with Gasteiger partial charge in [-0.15, -0.1) is 10.2 Å². The SMILES string of the molecule is CCCN(Cc1nncn1C)C1CCNC1. The van der Waals surface area contributed by atoms with Gasteiger partial charge in [-0.3, -0.25) is 4.90 Å². The summed E-state index contributed by atoms with van der Waals surface area (Å²) in [7, 11) is 2.01. The normalized spacial score (nSPS) is 20.8. The standard InChI is InChI=1S/C11H21N5/c1-3-6-16(10-4-5-12-7-10)8-11-14-13-9-15(11)2/h9-10,12H,3-8H2,1-2H3. The van der Waals surface area contributed by atoms with Crippen molar-refractivity contribution in [3.05, 3.63) is 12.2 Å². The van der Waals surface area contributed by atoms with Crippen molar-refractivity contribution in [2.75, 3.05) is 19.6 Å². The van der Waals surface area contributed by atoms with Gasteiger partial charge < -0.3 is 9.88 Å². The van der Waals surface area contributed by atoms with Gasteiger partial charge in [-0.25, -0.2) is 0 Å². The van der Waals surface area contributed by atoms with Crippen LogP contribution in [-0.2, 0) is 13.6 Å². The van der Waals surface area contributed by atoms with Crippen LogP contribution in [0.5, 0.6) is 0 Å². The van der Waals surface area contributed by atoms with E-state index in [9.17, 15) is 0 Å². The lowest BCUT2D eigenvalue weighted by Gasteiger charge is -2.27. The maximum Gasteiger partial charge on any atom is 0.146 e. The molecule has 0 bridgehead atoms. The molecule has 1 aliphatic heterocycles. The Hall–Kier alpha value is -0.940. The van der Waals surface area contributed by atoms with Crippen molar-refractivity contribution in [1.29, 1.82) is 0 Å². The molecule has 0 radical (unpaired) electrons. The Morgan fingerprint density at radius 3 is 3.06 bits per heavy atom. The summed E-state index contributed by atoms with van der Waals surface area (Å²) < 4.78 is 2.00. The van der Waals surface area contributed by atoms with Crippen molar-refractivity contribution in [2.45, 2.75) is 32.4 Å². The molecule has 0 aliphatic carbocycles. The number of hydrogen-bond acceptors (Lipinski definition) is 4. The van der Waals surface area contributed by atoms with E-state index in [1.165, 1.54) is 12.8 Å². The molecule has 1 atom stereocenters. The van der Waals surface area contributed by atoms with Crippen LogP contribution in [-0.4, -0.2) is 45.3 Å². The summed E-state index contributed by atoms with van der Waals surface area (Å²) in [6.45, 7) is 6.53. The number of rotatable bonds is 5. The lowest BCUT2D eigenvalue weighted by Crippen LogP contribution is -2.37. The summed E-state index contributed by atoms with van der Waals surface area (Å²) in [4.78, 5) is 2.52. The predicted molar refractivity (Wildman–Crippen MR) is 63.0 cm³/mol. The van der Waals surface area contributed by atoms with Crippen molar-refractivity contribution in [1.82, 2.24) is 25.0 Å². The highest BCUT2D eigenvalue weighted by Gasteiger charge is 2.22. The molecule has 1 N–H and O–H groups in total. The Labute approximate surface area is 96.8 Å². The highest BCUT2D eigenvalue weighted by Crippen LogP contribution is 2.12. The largest absolute Gasteiger partial charge is 0.320 e. The summed E-state index contributed by atoms with van der Waals surface area (Å²) in [6.07, 6.45) is 4.21. The lowest BCUT2D eigenvalue weighted by atomic mass is 10.2. The zero-order chi connectivity index (χ0) is 11.4. The molecule has 1 unspecified atom stereocenters. The average molecular weight is 223 g/mol. The first-order valence-corrected chi connectivity index (χ1v) is 6.09. The zero-order valence-corrected chi connectivity index (χ0v) is 10.2. The van der Waals surface area contributed by atoms with Gasteiger partial charge in [0, 0.05) is 19.6 Å². The second-order valence-corrected chi connectivity index (χ2v) is 4.48. The van der Waals surface area contributed by atoms with E-state index < -0.39 is 0 Å². The first-order valence-electron chi connectivity index (χ1n) is 6.09. The second-order valence-electron chi connectivity index (χ2n) is 4.48. The van der Waals surface area contributed by atoms with Crippen LogP contribution in [0.4, 0.5) is 0 Å². The Bertz CT molecular complexity index is 316. The van der Waals surface area contributed by atoms with Gasteiger partial charge in [0.2, 0.25) is 0 Å². The highest BCUT2D eigenvalue weighted by atomic mass is 15.3. The molecule has 16 heavy (non-hydrogen) atoms. The summed E-state index contributed by atoms with van der Waals surface area (Å²) in [5.41, 5.74) is 0. The van der Waals surface area contributed by atoms with E-state index in [1.807, 2.05) is 11.6 Å². The van der Waals surface area contributed by atoms with E-state index >= 15 is 0 Å². The first kappa shape index (κ1) is 11.5. The van der Waals surface area contributed by atoms with Crippen LogP contribution in [0.25, 0.3) is 0 Å². The van der Waals surface area contributed by atoms with Crippen LogP contribution in [0.2, 0.25) is 0 Å². The van der Waals surface area contributed by atoms with E-state index in [0.717, 1.165) is 32.0 Å². The van der Waals surface area contributed by atoms with E-state index in [0.29, 0.717) is 6.04 Å². The molecule has 90 valence electrons. The molecule has 2 rings (SSSR count). The molecule has 0 spiro atoms. The fourth-order valence-electron chi connectivity index (χ4n) is 2.26. The monoisotopic (exact) mass is 223 g/mol. The molecular weight excluding hydrogens is 202 g/mol. The van der Waals surface area contributed by atoms with E-state index in [1.54, 1.807) is 6.33 Å². The lowest BCUT2D eigenvalue weighted by molar-refractivity contribution is 0.192. The van der Waals surface area contributed by atoms with Crippen molar-refractivity contribution in [3.63, 3.8) is 0 Å². The molecule has 2 heterocycles.